The molecule has 114 valence electrons. The van der Waals surface area contributed by atoms with Crippen LogP contribution < -0.4 is 5.32 Å². The third kappa shape index (κ3) is 12.7. The minimum atomic E-state index is 0.257. The van der Waals surface area contributed by atoms with Crippen LogP contribution in [-0.4, -0.2) is 30.4 Å². The molecule has 1 atom stereocenters. The summed E-state index contributed by atoms with van der Waals surface area (Å²) in [6.07, 6.45) is 2.42. The summed E-state index contributed by atoms with van der Waals surface area (Å²) in [4.78, 5) is 12.1. The van der Waals surface area contributed by atoms with Gasteiger partial charge in [-0.2, -0.15) is 11.8 Å². The molecule has 0 fully saturated rings. The zero-order chi connectivity index (χ0) is 15.1. The average molecular weight is 288 g/mol. The minimum Gasteiger partial charge on any atom is -0.319 e. The summed E-state index contributed by atoms with van der Waals surface area (Å²) in [6, 6.07) is 0. The van der Waals surface area contributed by atoms with E-state index in [9.17, 15) is 4.79 Å². The first-order valence-electron chi connectivity index (χ1n) is 7.31. The SMILES string of the molecule is CNCC(CC(=O)CCC(C)(C)C)SCC(C)(C)C. The molecular formula is C16H33NOS. The normalized spacial score (nSPS) is 14.5. The molecule has 1 unspecified atom stereocenters. The second-order valence-electron chi connectivity index (χ2n) is 7.85. The Morgan fingerprint density at radius 1 is 1.11 bits per heavy atom. The lowest BCUT2D eigenvalue weighted by molar-refractivity contribution is -0.119. The van der Waals surface area contributed by atoms with Gasteiger partial charge in [0, 0.05) is 24.6 Å². The lowest BCUT2D eigenvalue weighted by Crippen LogP contribution is -2.26. The summed E-state index contributed by atoms with van der Waals surface area (Å²) in [5.41, 5.74) is 0.581. The number of nitrogens with one attached hydrogen (secondary N) is 1. The second-order valence-corrected chi connectivity index (χ2v) is 9.14. The van der Waals surface area contributed by atoms with Crippen molar-refractivity contribution in [2.24, 2.45) is 10.8 Å². The van der Waals surface area contributed by atoms with Crippen molar-refractivity contribution in [1.29, 1.82) is 0 Å². The van der Waals surface area contributed by atoms with Crippen LogP contribution in [-0.2, 0) is 4.79 Å². The summed E-state index contributed by atoms with van der Waals surface area (Å²) in [5, 5.41) is 3.62. The molecule has 0 saturated carbocycles. The number of ketones is 1. The highest BCUT2D eigenvalue weighted by molar-refractivity contribution is 8.00. The Morgan fingerprint density at radius 2 is 1.68 bits per heavy atom. The number of hydrogen-bond acceptors (Lipinski definition) is 3. The molecule has 19 heavy (non-hydrogen) atoms. The summed E-state index contributed by atoms with van der Waals surface area (Å²) in [5.74, 6) is 1.52. The van der Waals surface area contributed by atoms with Gasteiger partial charge in [0.05, 0.1) is 0 Å². The van der Waals surface area contributed by atoms with E-state index in [1.54, 1.807) is 0 Å². The predicted molar refractivity (Wildman–Crippen MR) is 87.9 cm³/mol. The van der Waals surface area contributed by atoms with Gasteiger partial charge in [-0.05, 0) is 30.1 Å². The Kier molecular flexibility index (Phi) is 8.30. The van der Waals surface area contributed by atoms with Crippen LogP contribution in [0.5, 0.6) is 0 Å². The summed E-state index contributed by atoms with van der Waals surface area (Å²) >= 11 is 1.93. The van der Waals surface area contributed by atoms with Crippen molar-refractivity contribution < 1.29 is 4.79 Å². The molecule has 0 saturated heterocycles. The first kappa shape index (κ1) is 19.0. The van der Waals surface area contributed by atoms with E-state index < -0.39 is 0 Å². The van der Waals surface area contributed by atoms with Gasteiger partial charge in [0.25, 0.3) is 0 Å². The fourth-order valence-corrected chi connectivity index (χ4v) is 2.98. The van der Waals surface area contributed by atoms with Gasteiger partial charge in [0.15, 0.2) is 0 Å². The summed E-state index contributed by atoms with van der Waals surface area (Å²) in [6.45, 7) is 14.2. The van der Waals surface area contributed by atoms with E-state index in [4.69, 9.17) is 0 Å². The van der Waals surface area contributed by atoms with Crippen LogP contribution in [0.3, 0.4) is 0 Å². The number of Topliss-reactive ketones (excluding diaryl/α,β-unsaturated/α-hetero) is 1. The van der Waals surface area contributed by atoms with Crippen molar-refractivity contribution in [3.05, 3.63) is 0 Å². The number of thioether (sulfide) groups is 1. The Hall–Kier alpha value is -0.0200. The molecule has 0 rings (SSSR count). The van der Waals surface area contributed by atoms with Gasteiger partial charge in [-0.3, -0.25) is 4.79 Å². The van der Waals surface area contributed by atoms with Crippen LogP contribution in [0.1, 0.15) is 60.8 Å². The molecule has 0 heterocycles. The van der Waals surface area contributed by atoms with E-state index in [1.165, 1.54) is 0 Å². The Labute approximate surface area is 124 Å². The number of hydrogen-bond donors (Lipinski definition) is 1. The monoisotopic (exact) mass is 287 g/mol. The molecule has 0 aromatic heterocycles. The zero-order valence-electron chi connectivity index (χ0n) is 13.9. The smallest absolute Gasteiger partial charge is 0.134 e. The van der Waals surface area contributed by atoms with Crippen molar-refractivity contribution in [3.8, 4) is 0 Å². The van der Waals surface area contributed by atoms with Crippen LogP contribution in [0.25, 0.3) is 0 Å². The average Bonchev–Trinajstić information content (AvgIpc) is 2.21. The van der Waals surface area contributed by atoms with Gasteiger partial charge in [-0.25, -0.2) is 0 Å². The lowest BCUT2D eigenvalue weighted by Gasteiger charge is -2.23. The molecule has 0 spiro atoms. The van der Waals surface area contributed by atoms with E-state index in [0.29, 0.717) is 22.9 Å². The van der Waals surface area contributed by atoms with Gasteiger partial charge in [0.2, 0.25) is 0 Å². The maximum Gasteiger partial charge on any atom is 0.134 e. The van der Waals surface area contributed by atoms with E-state index in [0.717, 1.165) is 25.1 Å². The standard InChI is InChI=1S/C16H33NOS/c1-15(2,3)9-8-13(18)10-14(11-17-7)19-12-16(4,5)6/h14,17H,8-12H2,1-7H3. The van der Waals surface area contributed by atoms with Crippen LogP contribution >= 0.6 is 11.8 Å². The van der Waals surface area contributed by atoms with Crippen molar-refractivity contribution >= 4 is 17.5 Å². The maximum atomic E-state index is 12.1. The maximum absolute atomic E-state index is 12.1. The molecule has 2 nitrogen and oxygen atoms in total. The van der Waals surface area contributed by atoms with Crippen molar-refractivity contribution in [2.75, 3.05) is 19.3 Å². The highest BCUT2D eigenvalue weighted by Crippen LogP contribution is 2.27. The van der Waals surface area contributed by atoms with E-state index in [1.807, 2.05) is 18.8 Å². The van der Waals surface area contributed by atoms with Crippen LogP contribution in [0, 0.1) is 10.8 Å². The number of rotatable bonds is 8. The topological polar surface area (TPSA) is 29.1 Å². The van der Waals surface area contributed by atoms with Gasteiger partial charge in [-0.15, -0.1) is 0 Å². The van der Waals surface area contributed by atoms with Crippen LogP contribution in [0.15, 0.2) is 0 Å². The quantitative estimate of drug-likeness (QED) is 0.727. The predicted octanol–water partition coefficient (Wildman–Crippen LogP) is 4.14. The largest absolute Gasteiger partial charge is 0.319 e. The molecule has 0 bridgehead atoms. The van der Waals surface area contributed by atoms with Crippen molar-refractivity contribution in [2.45, 2.75) is 66.1 Å². The van der Waals surface area contributed by atoms with Crippen molar-refractivity contribution in [3.63, 3.8) is 0 Å². The molecule has 1 N–H and O–H groups in total. The summed E-state index contributed by atoms with van der Waals surface area (Å²) < 4.78 is 0. The first-order chi connectivity index (χ1) is 8.53. The van der Waals surface area contributed by atoms with E-state index >= 15 is 0 Å². The van der Waals surface area contributed by atoms with Gasteiger partial charge >= 0.3 is 0 Å². The highest BCUT2D eigenvalue weighted by atomic mass is 32.2. The van der Waals surface area contributed by atoms with Gasteiger partial charge in [-0.1, -0.05) is 41.5 Å². The zero-order valence-corrected chi connectivity index (χ0v) is 14.7. The Balaban J connectivity index is 4.15. The fourth-order valence-electron chi connectivity index (χ4n) is 1.66. The van der Waals surface area contributed by atoms with Crippen molar-refractivity contribution in [1.82, 2.24) is 5.32 Å². The molecule has 0 aromatic carbocycles. The van der Waals surface area contributed by atoms with E-state index in [2.05, 4.69) is 46.9 Å². The third-order valence-electron chi connectivity index (χ3n) is 2.79. The van der Waals surface area contributed by atoms with E-state index in [-0.39, 0.29) is 5.41 Å². The molecule has 0 amide bonds. The molecule has 0 aliphatic heterocycles. The highest BCUT2D eigenvalue weighted by Gasteiger charge is 2.19. The Morgan fingerprint density at radius 3 is 2.11 bits per heavy atom. The lowest BCUT2D eigenvalue weighted by atomic mass is 9.89. The molecule has 0 aliphatic carbocycles. The Bertz CT molecular complexity index is 263. The number of carbonyl (C=O) groups is 1. The molecule has 0 aromatic rings. The van der Waals surface area contributed by atoms with Gasteiger partial charge < -0.3 is 5.32 Å². The van der Waals surface area contributed by atoms with Crippen LogP contribution in [0.4, 0.5) is 0 Å². The molecule has 0 radical (unpaired) electrons. The first-order valence-corrected chi connectivity index (χ1v) is 8.36. The minimum absolute atomic E-state index is 0.257. The molecular weight excluding hydrogens is 254 g/mol. The third-order valence-corrected chi connectivity index (χ3v) is 4.63. The summed E-state index contributed by atoms with van der Waals surface area (Å²) in [7, 11) is 1.96. The van der Waals surface area contributed by atoms with Crippen LogP contribution in [0.2, 0.25) is 0 Å². The number of carbonyl (C=O) groups excluding carboxylic acids is 1. The molecule has 0 aliphatic rings. The molecule has 3 heteroatoms. The second kappa shape index (κ2) is 8.31. The fraction of sp³-hybridized carbons (Fsp3) is 0.938. The van der Waals surface area contributed by atoms with Gasteiger partial charge in [0.1, 0.15) is 5.78 Å².